The van der Waals surface area contributed by atoms with Gasteiger partial charge in [0.25, 0.3) is 0 Å². The molecule has 0 unspecified atom stereocenters. The topological polar surface area (TPSA) is 43.6 Å². The number of hydrogen-bond donors (Lipinski definition) is 0. The summed E-state index contributed by atoms with van der Waals surface area (Å²) < 4.78 is 2.46. The van der Waals surface area contributed by atoms with E-state index >= 15 is 0 Å². The van der Waals surface area contributed by atoms with Crippen molar-refractivity contribution in [3.8, 4) is 39.9 Å². The van der Waals surface area contributed by atoms with Crippen molar-refractivity contribution in [3.63, 3.8) is 0 Å². The number of nitrogens with zero attached hydrogens (tertiary/aromatic N) is 4. The SMILES string of the molecule is CC1(C)CCC(C)(C)c2cc3c(cc21)c1ccccc1n3-c1ccc2ccc(-c3nc(-c4ccccc4)nc(-c4cccc5ccccc45)n3)cc2c1. The highest BCUT2D eigenvalue weighted by atomic mass is 15.0. The van der Waals surface area contributed by atoms with E-state index in [4.69, 9.17) is 15.0 Å². The molecule has 0 radical (unpaired) electrons. The van der Waals surface area contributed by atoms with Crippen LogP contribution in [-0.4, -0.2) is 19.5 Å². The quantitative estimate of drug-likeness (QED) is 0.185. The van der Waals surface area contributed by atoms with Crippen LogP contribution in [0.1, 0.15) is 51.7 Å². The molecule has 2 aromatic heterocycles. The van der Waals surface area contributed by atoms with Crippen LogP contribution in [0.2, 0.25) is 0 Å². The fourth-order valence-corrected chi connectivity index (χ4v) is 8.58. The van der Waals surface area contributed by atoms with Gasteiger partial charge in [-0.15, -0.1) is 0 Å². The predicted molar refractivity (Wildman–Crippen MR) is 221 cm³/mol. The first kappa shape index (κ1) is 31.6. The number of rotatable bonds is 4. The molecule has 0 amide bonds. The molecule has 1 aliphatic carbocycles. The first-order valence-electron chi connectivity index (χ1n) is 18.7. The molecule has 0 atom stereocenters. The minimum absolute atomic E-state index is 0.118. The Kier molecular flexibility index (Phi) is 6.97. The molecule has 4 heteroatoms. The Balaban J connectivity index is 1.16. The molecule has 1 aliphatic rings. The highest BCUT2D eigenvalue weighted by Crippen LogP contribution is 2.48. The Hall–Kier alpha value is -6.13. The lowest BCUT2D eigenvalue weighted by Crippen LogP contribution is -2.33. The van der Waals surface area contributed by atoms with Gasteiger partial charge in [-0.2, -0.15) is 0 Å². The van der Waals surface area contributed by atoms with Gasteiger partial charge < -0.3 is 4.57 Å². The van der Waals surface area contributed by atoms with Crippen molar-refractivity contribution in [2.24, 2.45) is 0 Å². The van der Waals surface area contributed by atoms with Crippen molar-refractivity contribution in [1.29, 1.82) is 0 Å². The Morgan fingerprint density at radius 2 is 1.08 bits per heavy atom. The Morgan fingerprint density at radius 1 is 0.434 bits per heavy atom. The summed E-state index contributed by atoms with van der Waals surface area (Å²) in [5, 5.41) is 7.19. The summed E-state index contributed by atoms with van der Waals surface area (Å²) in [6, 6.07) is 52.2. The molecule has 4 nitrogen and oxygen atoms in total. The number of benzene rings is 7. The van der Waals surface area contributed by atoms with Crippen molar-refractivity contribution in [2.75, 3.05) is 0 Å². The second kappa shape index (κ2) is 11.7. The fraction of sp³-hybridized carbons (Fsp3) is 0.163. The lowest BCUT2D eigenvalue weighted by molar-refractivity contribution is 0.332. The van der Waals surface area contributed by atoms with Crippen LogP contribution in [0.25, 0.3) is 83.2 Å². The van der Waals surface area contributed by atoms with E-state index in [1.54, 1.807) is 0 Å². The number of para-hydroxylation sites is 1. The maximum atomic E-state index is 5.15. The van der Waals surface area contributed by atoms with Crippen molar-refractivity contribution < 1.29 is 0 Å². The van der Waals surface area contributed by atoms with E-state index in [1.807, 2.05) is 18.2 Å². The second-order valence-electron chi connectivity index (χ2n) is 16.0. The molecule has 0 aliphatic heterocycles. The zero-order chi connectivity index (χ0) is 35.9. The molecule has 0 bridgehead atoms. The molecule has 0 N–H and O–H groups in total. The highest BCUT2D eigenvalue weighted by molar-refractivity contribution is 6.10. The summed E-state index contributed by atoms with van der Waals surface area (Å²) in [4.78, 5) is 15.3. The minimum Gasteiger partial charge on any atom is -0.309 e. The largest absolute Gasteiger partial charge is 0.309 e. The Morgan fingerprint density at radius 3 is 1.89 bits per heavy atom. The zero-order valence-corrected chi connectivity index (χ0v) is 30.6. The third-order valence-electron chi connectivity index (χ3n) is 11.7. The lowest BCUT2D eigenvalue weighted by Gasteiger charge is -2.42. The monoisotopic (exact) mass is 684 g/mol. The molecule has 53 heavy (non-hydrogen) atoms. The number of aromatic nitrogens is 4. The Bertz CT molecular complexity index is 2890. The molecule has 0 spiro atoms. The first-order chi connectivity index (χ1) is 25.7. The van der Waals surface area contributed by atoms with E-state index in [1.165, 1.54) is 51.2 Å². The predicted octanol–water partition coefficient (Wildman–Crippen LogP) is 12.6. The van der Waals surface area contributed by atoms with E-state index < -0.39 is 0 Å². The molecule has 0 fully saturated rings. The number of fused-ring (bicyclic) bond motifs is 6. The maximum absolute atomic E-state index is 5.15. The van der Waals surface area contributed by atoms with Crippen LogP contribution < -0.4 is 0 Å². The molecule has 0 saturated heterocycles. The van der Waals surface area contributed by atoms with Gasteiger partial charge in [0.15, 0.2) is 17.5 Å². The number of hydrogen-bond acceptors (Lipinski definition) is 3. The summed E-state index contributed by atoms with van der Waals surface area (Å²) in [5.74, 6) is 1.98. The third kappa shape index (κ3) is 5.15. The van der Waals surface area contributed by atoms with Crippen LogP contribution >= 0.6 is 0 Å². The molecular weight excluding hydrogens is 645 g/mol. The summed E-state index contributed by atoms with van der Waals surface area (Å²) in [6.45, 7) is 9.64. The minimum atomic E-state index is 0.118. The maximum Gasteiger partial charge on any atom is 0.164 e. The van der Waals surface area contributed by atoms with E-state index in [9.17, 15) is 0 Å². The van der Waals surface area contributed by atoms with E-state index in [-0.39, 0.29) is 10.8 Å². The zero-order valence-electron chi connectivity index (χ0n) is 30.6. The van der Waals surface area contributed by atoms with Gasteiger partial charge >= 0.3 is 0 Å². The molecular formula is C49H40N4. The molecule has 7 aromatic carbocycles. The van der Waals surface area contributed by atoms with Crippen LogP contribution in [0.3, 0.4) is 0 Å². The van der Waals surface area contributed by atoms with Crippen molar-refractivity contribution in [3.05, 3.63) is 157 Å². The molecule has 256 valence electrons. The molecule has 10 rings (SSSR count). The summed E-state index contributed by atoms with van der Waals surface area (Å²) >= 11 is 0. The standard InChI is InChI=1S/C49H40N4/c1-48(2)25-26-49(3,4)42-30-44-40(29-41(42)48)38-18-10-11-20-43(38)53(44)36-24-23-31-21-22-34(27-35(31)28-36)46-50-45(33-14-6-5-7-15-33)51-47(52-46)39-19-12-16-32-13-8-9-17-37(32)39/h5-24,27-30H,25-26H2,1-4H3. The van der Waals surface area contributed by atoms with Crippen LogP contribution in [-0.2, 0) is 10.8 Å². The van der Waals surface area contributed by atoms with E-state index in [0.717, 1.165) is 38.5 Å². The van der Waals surface area contributed by atoms with E-state index in [0.29, 0.717) is 17.5 Å². The van der Waals surface area contributed by atoms with Gasteiger partial charge in [0.2, 0.25) is 0 Å². The first-order valence-corrected chi connectivity index (χ1v) is 18.7. The van der Waals surface area contributed by atoms with Crippen LogP contribution in [0, 0.1) is 0 Å². The fourth-order valence-electron chi connectivity index (χ4n) is 8.58. The summed E-state index contributed by atoms with van der Waals surface area (Å²) in [6.07, 6.45) is 2.38. The van der Waals surface area contributed by atoms with Crippen LogP contribution in [0.5, 0.6) is 0 Å². The van der Waals surface area contributed by atoms with Crippen molar-refractivity contribution in [1.82, 2.24) is 19.5 Å². The van der Waals surface area contributed by atoms with Gasteiger partial charge in [0.1, 0.15) is 0 Å². The molecule has 2 heterocycles. The van der Waals surface area contributed by atoms with Crippen LogP contribution in [0.15, 0.2) is 146 Å². The average molecular weight is 685 g/mol. The third-order valence-corrected chi connectivity index (χ3v) is 11.7. The van der Waals surface area contributed by atoms with E-state index in [2.05, 4.69) is 160 Å². The molecule has 9 aromatic rings. The smallest absolute Gasteiger partial charge is 0.164 e. The van der Waals surface area contributed by atoms with Crippen molar-refractivity contribution in [2.45, 2.75) is 51.4 Å². The summed E-state index contributed by atoms with van der Waals surface area (Å²) in [5.41, 5.74) is 9.75. The van der Waals surface area contributed by atoms with Crippen molar-refractivity contribution >= 4 is 43.4 Å². The van der Waals surface area contributed by atoms with Gasteiger partial charge in [-0.05, 0) is 92.7 Å². The van der Waals surface area contributed by atoms with Gasteiger partial charge in [0.05, 0.1) is 11.0 Å². The van der Waals surface area contributed by atoms with Gasteiger partial charge in [-0.1, -0.05) is 137 Å². The average Bonchev–Trinajstić information content (AvgIpc) is 3.52. The normalized spacial score (nSPS) is 14.9. The second-order valence-corrected chi connectivity index (χ2v) is 16.0. The van der Waals surface area contributed by atoms with Gasteiger partial charge in [-0.25, -0.2) is 15.0 Å². The Labute approximate surface area is 309 Å². The summed E-state index contributed by atoms with van der Waals surface area (Å²) in [7, 11) is 0. The molecule has 0 saturated carbocycles. The highest BCUT2D eigenvalue weighted by Gasteiger charge is 2.37. The van der Waals surface area contributed by atoms with Gasteiger partial charge in [-0.3, -0.25) is 0 Å². The van der Waals surface area contributed by atoms with Crippen LogP contribution in [0.4, 0.5) is 0 Å². The lowest BCUT2D eigenvalue weighted by atomic mass is 9.63. The van der Waals surface area contributed by atoms with Gasteiger partial charge in [0, 0.05) is 33.2 Å².